The van der Waals surface area contributed by atoms with Crippen LogP contribution in [0, 0.1) is 6.92 Å². The minimum Gasteiger partial charge on any atom is -0.349 e. The molecule has 0 spiro atoms. The summed E-state index contributed by atoms with van der Waals surface area (Å²) in [4.78, 5) is 26.2. The smallest absolute Gasteiger partial charge is 0.220 e. The highest BCUT2D eigenvalue weighted by molar-refractivity contribution is 7.14. The van der Waals surface area contributed by atoms with Crippen molar-refractivity contribution in [2.24, 2.45) is 0 Å². The molecule has 134 valence electrons. The van der Waals surface area contributed by atoms with Gasteiger partial charge in [0.1, 0.15) is 0 Å². The molecule has 0 saturated heterocycles. The highest BCUT2D eigenvalue weighted by atomic mass is 32.1. The molecule has 0 radical (unpaired) electrons. The third-order valence-corrected chi connectivity index (χ3v) is 5.17. The molecule has 0 fully saturated rings. The number of hydrogen-bond donors (Lipinski definition) is 1. The van der Waals surface area contributed by atoms with E-state index in [4.69, 9.17) is 0 Å². The zero-order valence-corrected chi connectivity index (χ0v) is 15.6. The number of ketones is 1. The topological polar surface area (TPSA) is 64.0 Å². The van der Waals surface area contributed by atoms with Crippen molar-refractivity contribution in [3.8, 4) is 5.69 Å². The highest BCUT2D eigenvalue weighted by Gasteiger charge is 2.16. The van der Waals surface area contributed by atoms with Crippen LogP contribution in [0.2, 0.25) is 0 Å². The van der Waals surface area contributed by atoms with Gasteiger partial charge in [0.15, 0.2) is 5.78 Å². The summed E-state index contributed by atoms with van der Waals surface area (Å²) in [5.74, 6) is -0.114. The number of aryl methyl sites for hydroxylation is 1. The van der Waals surface area contributed by atoms with Crippen LogP contribution >= 0.6 is 11.3 Å². The zero-order valence-electron chi connectivity index (χ0n) is 14.8. The minimum absolute atomic E-state index is 0.0165. The lowest BCUT2D eigenvalue weighted by molar-refractivity contribution is -0.121. The first-order valence-corrected chi connectivity index (χ1v) is 9.34. The molecule has 1 N–H and O–H groups in total. The Morgan fingerprint density at radius 2 is 1.96 bits per heavy atom. The van der Waals surface area contributed by atoms with Crippen LogP contribution in [0.3, 0.4) is 0 Å². The van der Waals surface area contributed by atoms with Gasteiger partial charge >= 0.3 is 0 Å². The second-order valence-corrected chi connectivity index (χ2v) is 7.42. The van der Waals surface area contributed by atoms with E-state index >= 15 is 0 Å². The molecule has 0 unspecified atom stereocenters. The molecule has 2 aromatic heterocycles. The van der Waals surface area contributed by atoms with Gasteiger partial charge in [-0.1, -0.05) is 18.2 Å². The van der Waals surface area contributed by atoms with Crippen molar-refractivity contribution in [1.29, 1.82) is 0 Å². The van der Waals surface area contributed by atoms with Crippen LogP contribution in [-0.2, 0) is 4.79 Å². The molecule has 5 nitrogen and oxygen atoms in total. The number of carbonyl (C=O) groups is 2. The predicted octanol–water partition coefficient (Wildman–Crippen LogP) is 4.08. The lowest BCUT2D eigenvalue weighted by Crippen LogP contribution is -2.27. The van der Waals surface area contributed by atoms with E-state index < -0.39 is 0 Å². The third kappa shape index (κ3) is 4.26. The number of para-hydroxylation sites is 1. The van der Waals surface area contributed by atoms with Crippen molar-refractivity contribution < 1.29 is 9.59 Å². The molecule has 0 bridgehead atoms. The summed E-state index contributed by atoms with van der Waals surface area (Å²) >= 11 is 1.47. The van der Waals surface area contributed by atoms with Crippen molar-refractivity contribution in [1.82, 2.24) is 15.1 Å². The first-order valence-electron chi connectivity index (χ1n) is 8.52. The number of nitrogens with one attached hydrogen (secondary N) is 1. The summed E-state index contributed by atoms with van der Waals surface area (Å²) in [6.45, 7) is 3.90. The molecular weight excluding hydrogens is 346 g/mol. The maximum Gasteiger partial charge on any atom is 0.220 e. The van der Waals surface area contributed by atoms with Gasteiger partial charge < -0.3 is 5.32 Å². The Labute approximate surface area is 156 Å². The first kappa shape index (κ1) is 18.1. The number of carbonyl (C=O) groups excluding carboxylic acids is 2. The average Bonchev–Trinajstić information content (AvgIpc) is 3.31. The van der Waals surface area contributed by atoms with Crippen molar-refractivity contribution in [3.63, 3.8) is 0 Å². The number of hydrogen-bond acceptors (Lipinski definition) is 4. The van der Waals surface area contributed by atoms with Gasteiger partial charge in [-0.3, -0.25) is 9.59 Å². The van der Waals surface area contributed by atoms with Gasteiger partial charge in [0.25, 0.3) is 0 Å². The molecule has 1 amide bonds. The van der Waals surface area contributed by atoms with Crippen LogP contribution in [0.4, 0.5) is 0 Å². The van der Waals surface area contributed by atoms with Gasteiger partial charge in [-0.15, -0.1) is 11.3 Å². The van der Waals surface area contributed by atoms with E-state index in [1.165, 1.54) is 11.3 Å². The maximum atomic E-state index is 12.3. The molecule has 0 aliphatic rings. The summed E-state index contributed by atoms with van der Waals surface area (Å²) in [6, 6.07) is 13.2. The highest BCUT2D eigenvalue weighted by Crippen LogP contribution is 2.21. The first-order chi connectivity index (χ1) is 12.5. The van der Waals surface area contributed by atoms with E-state index in [1.807, 2.05) is 62.5 Å². The van der Waals surface area contributed by atoms with E-state index in [2.05, 4.69) is 10.4 Å². The molecule has 3 rings (SSSR count). The quantitative estimate of drug-likeness (QED) is 0.640. The monoisotopic (exact) mass is 367 g/mol. The lowest BCUT2D eigenvalue weighted by Gasteiger charge is -2.18. The molecule has 1 aromatic carbocycles. The van der Waals surface area contributed by atoms with Crippen molar-refractivity contribution in [2.45, 2.75) is 32.7 Å². The van der Waals surface area contributed by atoms with Crippen molar-refractivity contribution in [3.05, 3.63) is 70.2 Å². The number of rotatable bonds is 7. The van der Waals surface area contributed by atoms with E-state index in [0.29, 0.717) is 4.88 Å². The normalized spacial score (nSPS) is 11.9. The Hall–Kier alpha value is -2.73. The van der Waals surface area contributed by atoms with Gasteiger partial charge in [0.2, 0.25) is 5.91 Å². The number of Topliss-reactive ketones (excluding diaryl/α,β-unsaturated/α-hetero) is 1. The Morgan fingerprint density at radius 3 is 2.65 bits per heavy atom. The summed E-state index contributed by atoms with van der Waals surface area (Å²) < 4.78 is 1.78. The van der Waals surface area contributed by atoms with Crippen LogP contribution in [0.5, 0.6) is 0 Å². The molecule has 2 heterocycles. The minimum atomic E-state index is -0.179. The Kier molecular flexibility index (Phi) is 5.63. The number of aromatic nitrogens is 2. The van der Waals surface area contributed by atoms with Crippen LogP contribution in [0.25, 0.3) is 5.69 Å². The van der Waals surface area contributed by atoms with Crippen LogP contribution in [0.1, 0.15) is 45.9 Å². The van der Waals surface area contributed by atoms with Gasteiger partial charge in [-0.2, -0.15) is 5.10 Å². The molecule has 0 aliphatic heterocycles. The fraction of sp³-hybridized carbons (Fsp3) is 0.250. The number of nitrogens with zero attached hydrogens (tertiary/aromatic N) is 2. The Balaban J connectivity index is 1.61. The van der Waals surface area contributed by atoms with E-state index in [9.17, 15) is 9.59 Å². The van der Waals surface area contributed by atoms with Crippen LogP contribution < -0.4 is 5.32 Å². The van der Waals surface area contributed by atoms with E-state index in [-0.39, 0.29) is 30.6 Å². The largest absolute Gasteiger partial charge is 0.349 e. The third-order valence-electron chi connectivity index (χ3n) is 4.13. The van der Waals surface area contributed by atoms with Crippen LogP contribution in [-0.4, -0.2) is 21.5 Å². The van der Waals surface area contributed by atoms with E-state index in [0.717, 1.165) is 16.1 Å². The second-order valence-electron chi connectivity index (χ2n) is 6.13. The zero-order chi connectivity index (χ0) is 18.5. The summed E-state index contributed by atoms with van der Waals surface area (Å²) in [5.41, 5.74) is 1.90. The molecule has 26 heavy (non-hydrogen) atoms. The average molecular weight is 367 g/mol. The Morgan fingerprint density at radius 1 is 1.15 bits per heavy atom. The van der Waals surface area contributed by atoms with Gasteiger partial charge in [0, 0.05) is 30.1 Å². The van der Waals surface area contributed by atoms with Crippen LogP contribution in [0.15, 0.2) is 54.9 Å². The SMILES string of the molecule is Cc1ccc(C(=O)CCC(=O)N[C@@H](C)c2ccccc2-n2cccn2)s1. The molecule has 6 heteroatoms. The Bertz CT molecular complexity index is 899. The molecule has 0 saturated carbocycles. The van der Waals surface area contributed by atoms with Gasteiger partial charge in [-0.05, 0) is 43.7 Å². The standard InChI is InChI=1S/C20H21N3O2S/c1-14-8-10-19(26-14)18(24)9-11-20(25)22-15(2)16-6-3-4-7-17(16)23-13-5-12-21-23/h3-8,10,12-13,15H,9,11H2,1-2H3,(H,22,25)/t15-/m0/s1. The fourth-order valence-electron chi connectivity index (χ4n) is 2.80. The maximum absolute atomic E-state index is 12.3. The molecule has 0 aliphatic carbocycles. The number of thiophene rings is 1. The van der Waals surface area contributed by atoms with Gasteiger partial charge in [0.05, 0.1) is 16.6 Å². The fourth-order valence-corrected chi connectivity index (χ4v) is 3.63. The molecule has 3 aromatic rings. The molecule has 1 atom stereocenters. The summed E-state index contributed by atoms with van der Waals surface area (Å²) in [7, 11) is 0. The van der Waals surface area contributed by atoms with Crippen molar-refractivity contribution >= 4 is 23.0 Å². The summed E-state index contributed by atoms with van der Waals surface area (Å²) in [6.07, 6.45) is 4.00. The van der Waals surface area contributed by atoms with Crippen molar-refractivity contribution in [2.75, 3.05) is 0 Å². The number of benzene rings is 1. The van der Waals surface area contributed by atoms with Gasteiger partial charge in [-0.25, -0.2) is 4.68 Å². The summed E-state index contributed by atoms with van der Waals surface area (Å²) in [5, 5.41) is 7.25. The van der Waals surface area contributed by atoms with E-state index in [1.54, 1.807) is 10.9 Å². The number of amides is 1. The second kappa shape index (κ2) is 8.10. The lowest BCUT2D eigenvalue weighted by atomic mass is 10.1. The predicted molar refractivity (Wildman–Crippen MR) is 103 cm³/mol. The molecular formula is C20H21N3O2S.